The maximum absolute atomic E-state index is 12.5. The molecule has 4 heteroatoms. The van der Waals surface area contributed by atoms with E-state index in [0.717, 1.165) is 42.6 Å². The third-order valence-electron chi connectivity index (χ3n) is 5.48. The molecule has 0 radical (unpaired) electrons. The maximum atomic E-state index is 12.5. The number of methoxy groups -OCH3 is 1. The highest BCUT2D eigenvalue weighted by atomic mass is 16.5. The molecule has 0 spiro atoms. The lowest BCUT2D eigenvalue weighted by molar-refractivity contribution is -0.143. The standard InChI is InChI=1S/C27H32O4/c1-3-4-18-30-27(28)20-23(15-14-21-10-6-5-7-11-21)22-16-17-25(29-2)26(19-22)31-24-12-8-9-13-24/h5-7,10-11,16-17,19,23-24H,3-4,8-9,12-13,18,20H2,1-2H3. The summed E-state index contributed by atoms with van der Waals surface area (Å²) in [6.45, 7) is 2.53. The maximum Gasteiger partial charge on any atom is 0.307 e. The Bertz CT molecular complexity index is 888. The van der Waals surface area contributed by atoms with E-state index in [-0.39, 0.29) is 24.4 Å². The van der Waals surface area contributed by atoms with Crippen LogP contribution >= 0.6 is 0 Å². The molecule has 164 valence electrons. The fourth-order valence-electron chi connectivity index (χ4n) is 3.69. The number of benzene rings is 2. The molecule has 0 N–H and O–H groups in total. The first-order chi connectivity index (χ1) is 15.2. The van der Waals surface area contributed by atoms with Crippen molar-refractivity contribution in [2.24, 2.45) is 0 Å². The molecule has 2 aromatic carbocycles. The Morgan fingerprint density at radius 1 is 1.10 bits per heavy atom. The van der Waals surface area contributed by atoms with E-state index in [4.69, 9.17) is 14.2 Å². The Balaban J connectivity index is 1.84. The van der Waals surface area contributed by atoms with E-state index in [1.165, 1.54) is 12.8 Å². The smallest absolute Gasteiger partial charge is 0.307 e. The van der Waals surface area contributed by atoms with Gasteiger partial charge in [0, 0.05) is 5.56 Å². The summed E-state index contributed by atoms with van der Waals surface area (Å²) in [6, 6.07) is 15.6. The lowest BCUT2D eigenvalue weighted by Gasteiger charge is -2.18. The van der Waals surface area contributed by atoms with Crippen LogP contribution in [0.3, 0.4) is 0 Å². The molecule has 4 nitrogen and oxygen atoms in total. The zero-order valence-corrected chi connectivity index (χ0v) is 18.6. The first-order valence-electron chi connectivity index (χ1n) is 11.3. The quantitative estimate of drug-likeness (QED) is 0.288. The van der Waals surface area contributed by atoms with Crippen molar-refractivity contribution in [2.75, 3.05) is 13.7 Å². The van der Waals surface area contributed by atoms with Gasteiger partial charge in [0.1, 0.15) is 0 Å². The lowest BCUT2D eigenvalue weighted by atomic mass is 9.95. The molecule has 1 fully saturated rings. The Kier molecular flexibility index (Phi) is 8.84. The summed E-state index contributed by atoms with van der Waals surface area (Å²) in [5.41, 5.74) is 1.85. The zero-order chi connectivity index (χ0) is 21.9. The van der Waals surface area contributed by atoms with Crippen molar-refractivity contribution < 1.29 is 19.0 Å². The molecule has 3 rings (SSSR count). The summed E-state index contributed by atoms with van der Waals surface area (Å²) >= 11 is 0. The van der Waals surface area contributed by atoms with Crippen LogP contribution in [0.5, 0.6) is 11.5 Å². The van der Waals surface area contributed by atoms with Gasteiger partial charge in [-0.1, -0.05) is 49.5 Å². The monoisotopic (exact) mass is 420 g/mol. The zero-order valence-electron chi connectivity index (χ0n) is 18.6. The van der Waals surface area contributed by atoms with Gasteiger partial charge in [-0.25, -0.2) is 0 Å². The van der Waals surface area contributed by atoms with E-state index in [9.17, 15) is 4.79 Å². The number of esters is 1. The fourth-order valence-corrected chi connectivity index (χ4v) is 3.69. The predicted octanol–water partition coefficient (Wildman–Crippen LogP) is 5.89. The lowest BCUT2D eigenvalue weighted by Crippen LogP contribution is -2.13. The molecule has 0 bridgehead atoms. The van der Waals surface area contributed by atoms with Crippen molar-refractivity contribution in [1.82, 2.24) is 0 Å². The number of rotatable bonds is 9. The van der Waals surface area contributed by atoms with Crippen molar-refractivity contribution in [1.29, 1.82) is 0 Å². The van der Waals surface area contributed by atoms with Gasteiger partial charge in [0.05, 0.1) is 32.2 Å². The summed E-state index contributed by atoms with van der Waals surface area (Å²) in [5, 5.41) is 0. The summed E-state index contributed by atoms with van der Waals surface area (Å²) in [5.74, 6) is 7.40. The number of hydrogen-bond acceptors (Lipinski definition) is 4. The second-order valence-electron chi connectivity index (χ2n) is 7.90. The molecule has 0 aliphatic heterocycles. The van der Waals surface area contributed by atoms with Crippen LogP contribution in [0.1, 0.15) is 68.9 Å². The van der Waals surface area contributed by atoms with Crippen LogP contribution in [-0.4, -0.2) is 25.8 Å². The number of carbonyl (C=O) groups excluding carboxylic acids is 1. The minimum atomic E-state index is -0.286. The number of carbonyl (C=O) groups is 1. The molecule has 1 atom stereocenters. The summed E-state index contributed by atoms with van der Waals surface area (Å²) in [4.78, 5) is 12.5. The van der Waals surface area contributed by atoms with Gasteiger partial charge >= 0.3 is 5.97 Å². The molecule has 1 saturated carbocycles. The molecular weight excluding hydrogens is 388 g/mol. The van der Waals surface area contributed by atoms with Gasteiger partial charge in [0.2, 0.25) is 0 Å². The normalized spacial score (nSPS) is 14.4. The fraction of sp³-hybridized carbons (Fsp3) is 0.444. The van der Waals surface area contributed by atoms with Crippen LogP contribution in [-0.2, 0) is 9.53 Å². The highest BCUT2D eigenvalue weighted by Gasteiger charge is 2.21. The highest BCUT2D eigenvalue weighted by Crippen LogP contribution is 2.35. The van der Waals surface area contributed by atoms with E-state index in [1.54, 1.807) is 7.11 Å². The van der Waals surface area contributed by atoms with Crippen LogP contribution in [0.15, 0.2) is 48.5 Å². The van der Waals surface area contributed by atoms with E-state index in [2.05, 4.69) is 18.8 Å². The van der Waals surface area contributed by atoms with Crippen molar-refractivity contribution in [3.05, 3.63) is 59.7 Å². The van der Waals surface area contributed by atoms with E-state index >= 15 is 0 Å². The Hall–Kier alpha value is -2.93. The molecule has 0 aromatic heterocycles. The first kappa shape index (κ1) is 22.7. The molecule has 0 saturated heterocycles. The molecule has 0 amide bonds. The summed E-state index contributed by atoms with van der Waals surface area (Å²) < 4.78 is 17.2. The van der Waals surface area contributed by atoms with Crippen LogP contribution in [0.4, 0.5) is 0 Å². The molecule has 1 aliphatic carbocycles. The number of hydrogen-bond donors (Lipinski definition) is 0. The first-order valence-corrected chi connectivity index (χ1v) is 11.3. The minimum Gasteiger partial charge on any atom is -0.493 e. The molecule has 2 aromatic rings. The molecular formula is C27H32O4. The second kappa shape index (κ2) is 12.1. The minimum absolute atomic E-state index is 0.207. The third-order valence-corrected chi connectivity index (χ3v) is 5.48. The van der Waals surface area contributed by atoms with Gasteiger partial charge in [-0.2, -0.15) is 0 Å². The summed E-state index contributed by atoms with van der Waals surface area (Å²) in [7, 11) is 1.65. The average Bonchev–Trinajstić information content (AvgIpc) is 3.30. The number of ether oxygens (including phenoxy) is 3. The van der Waals surface area contributed by atoms with Crippen LogP contribution in [0.2, 0.25) is 0 Å². The van der Waals surface area contributed by atoms with Crippen LogP contribution in [0, 0.1) is 11.8 Å². The SMILES string of the molecule is CCCCOC(=O)CC(C#Cc1ccccc1)c1ccc(OC)c(OC2CCCC2)c1. The van der Waals surface area contributed by atoms with E-state index in [0.29, 0.717) is 12.4 Å². The highest BCUT2D eigenvalue weighted by molar-refractivity contribution is 5.71. The summed E-state index contributed by atoms with van der Waals surface area (Å²) in [6.07, 6.45) is 6.81. The van der Waals surface area contributed by atoms with Gasteiger partial charge in [-0.05, 0) is 61.9 Å². The Morgan fingerprint density at radius 2 is 1.87 bits per heavy atom. The molecule has 31 heavy (non-hydrogen) atoms. The van der Waals surface area contributed by atoms with Crippen molar-refractivity contribution in [2.45, 2.75) is 63.9 Å². The van der Waals surface area contributed by atoms with Crippen LogP contribution < -0.4 is 9.47 Å². The van der Waals surface area contributed by atoms with E-state index < -0.39 is 0 Å². The molecule has 0 heterocycles. The molecule has 1 unspecified atom stereocenters. The van der Waals surface area contributed by atoms with E-state index in [1.807, 2.05) is 48.5 Å². The van der Waals surface area contributed by atoms with Gasteiger partial charge in [0.15, 0.2) is 11.5 Å². The topological polar surface area (TPSA) is 44.8 Å². The van der Waals surface area contributed by atoms with Crippen molar-refractivity contribution in [3.63, 3.8) is 0 Å². The van der Waals surface area contributed by atoms with Gasteiger partial charge < -0.3 is 14.2 Å². The van der Waals surface area contributed by atoms with Gasteiger partial charge in [0.25, 0.3) is 0 Å². The van der Waals surface area contributed by atoms with Crippen LogP contribution in [0.25, 0.3) is 0 Å². The average molecular weight is 421 g/mol. The number of unbranched alkanes of at least 4 members (excludes halogenated alkanes) is 1. The predicted molar refractivity (Wildman–Crippen MR) is 122 cm³/mol. The second-order valence-corrected chi connectivity index (χ2v) is 7.90. The van der Waals surface area contributed by atoms with Crippen molar-refractivity contribution in [3.8, 4) is 23.3 Å². The largest absolute Gasteiger partial charge is 0.493 e. The van der Waals surface area contributed by atoms with Gasteiger partial charge in [-0.3, -0.25) is 4.79 Å². The Morgan fingerprint density at radius 3 is 2.58 bits per heavy atom. The third kappa shape index (κ3) is 7.07. The van der Waals surface area contributed by atoms with Gasteiger partial charge in [-0.15, -0.1) is 0 Å². The Labute approximate surface area is 185 Å². The molecule has 1 aliphatic rings. The van der Waals surface area contributed by atoms with Crippen molar-refractivity contribution >= 4 is 5.97 Å².